The van der Waals surface area contributed by atoms with Crippen LogP contribution in [-0.2, 0) is 22.3 Å². The van der Waals surface area contributed by atoms with Crippen LogP contribution < -0.4 is 9.47 Å². The molecule has 27 heavy (non-hydrogen) atoms. The van der Waals surface area contributed by atoms with Crippen LogP contribution in [0, 0.1) is 5.41 Å². The molecule has 0 heterocycles. The summed E-state index contributed by atoms with van der Waals surface area (Å²) in [6, 6.07) is 11.6. The summed E-state index contributed by atoms with van der Waals surface area (Å²) in [6.45, 7) is 3.75. The summed E-state index contributed by atoms with van der Waals surface area (Å²) in [4.78, 5) is 11.6. The number of rotatable bonds is 7. The van der Waals surface area contributed by atoms with Gasteiger partial charge in [0.25, 0.3) is 0 Å². The second kappa shape index (κ2) is 8.33. The van der Waals surface area contributed by atoms with E-state index < -0.39 is 17.2 Å². The minimum Gasteiger partial charge on any atom is -0.492 e. The van der Waals surface area contributed by atoms with Crippen LogP contribution >= 0.6 is 0 Å². The third kappa shape index (κ3) is 5.91. The standard InChI is InChI=1S/C20H21F3O4/c1-19(2,18(24)25-3)13-27-17-10-8-16(9-11-17)26-12-14-4-6-15(7-5-14)20(21,22)23/h4-11H,12-13H2,1-3H3. The molecule has 0 atom stereocenters. The van der Waals surface area contributed by atoms with Crippen LogP contribution in [-0.4, -0.2) is 19.7 Å². The SMILES string of the molecule is COC(=O)C(C)(C)COc1ccc(OCc2ccc(C(F)(F)F)cc2)cc1. The molecule has 0 aliphatic carbocycles. The van der Waals surface area contributed by atoms with E-state index in [1.165, 1.54) is 19.2 Å². The Bertz CT molecular complexity index is 750. The number of ether oxygens (including phenoxy) is 3. The fraction of sp³-hybridized carbons (Fsp3) is 0.350. The Labute approximate surface area is 155 Å². The zero-order chi connectivity index (χ0) is 20.1. The predicted molar refractivity (Wildman–Crippen MR) is 93.5 cm³/mol. The first-order valence-corrected chi connectivity index (χ1v) is 8.22. The minimum absolute atomic E-state index is 0.147. The van der Waals surface area contributed by atoms with Gasteiger partial charge in [0.05, 0.1) is 18.1 Å². The fourth-order valence-corrected chi connectivity index (χ4v) is 2.19. The van der Waals surface area contributed by atoms with Crippen molar-refractivity contribution in [3.05, 3.63) is 59.7 Å². The number of alkyl halides is 3. The maximum Gasteiger partial charge on any atom is 0.416 e. The Balaban J connectivity index is 1.88. The van der Waals surface area contributed by atoms with E-state index in [0.717, 1.165) is 12.1 Å². The Morgan fingerprint density at radius 3 is 1.89 bits per heavy atom. The summed E-state index contributed by atoms with van der Waals surface area (Å²) in [5.74, 6) is 0.752. The average Bonchev–Trinajstić information content (AvgIpc) is 2.64. The summed E-state index contributed by atoms with van der Waals surface area (Å²) in [7, 11) is 1.33. The van der Waals surface area contributed by atoms with Gasteiger partial charge in [0.2, 0.25) is 0 Å². The van der Waals surface area contributed by atoms with Crippen molar-refractivity contribution in [2.75, 3.05) is 13.7 Å². The molecule has 0 radical (unpaired) electrons. The average molecular weight is 382 g/mol. The maximum atomic E-state index is 12.5. The molecule has 146 valence electrons. The molecule has 4 nitrogen and oxygen atoms in total. The number of benzene rings is 2. The van der Waals surface area contributed by atoms with Gasteiger partial charge in [0.15, 0.2) is 0 Å². The van der Waals surface area contributed by atoms with Crippen molar-refractivity contribution < 1.29 is 32.2 Å². The summed E-state index contributed by atoms with van der Waals surface area (Å²) >= 11 is 0. The van der Waals surface area contributed by atoms with Crippen LogP contribution in [0.25, 0.3) is 0 Å². The molecule has 0 fully saturated rings. The molecule has 0 aromatic heterocycles. The van der Waals surface area contributed by atoms with E-state index in [-0.39, 0.29) is 19.2 Å². The first-order valence-electron chi connectivity index (χ1n) is 8.22. The Morgan fingerprint density at radius 2 is 1.41 bits per heavy atom. The largest absolute Gasteiger partial charge is 0.492 e. The molecule has 0 spiro atoms. The minimum atomic E-state index is -4.35. The van der Waals surface area contributed by atoms with E-state index >= 15 is 0 Å². The number of carbonyl (C=O) groups is 1. The van der Waals surface area contributed by atoms with Crippen molar-refractivity contribution in [1.82, 2.24) is 0 Å². The molecule has 2 aromatic rings. The Hall–Kier alpha value is -2.70. The molecule has 7 heteroatoms. The van der Waals surface area contributed by atoms with Crippen molar-refractivity contribution in [3.8, 4) is 11.5 Å². The summed E-state index contributed by atoms with van der Waals surface area (Å²) < 4.78 is 53.5. The van der Waals surface area contributed by atoms with E-state index in [0.29, 0.717) is 17.1 Å². The van der Waals surface area contributed by atoms with Gasteiger partial charge in [-0.25, -0.2) is 0 Å². The molecule has 0 amide bonds. The lowest BCUT2D eigenvalue weighted by atomic mass is 9.95. The topological polar surface area (TPSA) is 44.8 Å². The Kier molecular flexibility index (Phi) is 6.36. The highest BCUT2D eigenvalue weighted by Crippen LogP contribution is 2.29. The normalized spacial score (nSPS) is 11.8. The summed E-state index contributed by atoms with van der Waals surface area (Å²) in [5, 5.41) is 0. The molecule has 2 rings (SSSR count). The van der Waals surface area contributed by atoms with Crippen LogP contribution in [0.4, 0.5) is 13.2 Å². The zero-order valence-electron chi connectivity index (χ0n) is 15.3. The van der Waals surface area contributed by atoms with Crippen LogP contribution in [0.1, 0.15) is 25.0 Å². The van der Waals surface area contributed by atoms with Crippen molar-refractivity contribution in [3.63, 3.8) is 0 Å². The highest BCUT2D eigenvalue weighted by Gasteiger charge is 2.30. The van der Waals surface area contributed by atoms with Gasteiger partial charge in [-0.15, -0.1) is 0 Å². The lowest BCUT2D eigenvalue weighted by Gasteiger charge is -2.21. The van der Waals surface area contributed by atoms with Crippen LogP contribution in [0.2, 0.25) is 0 Å². The molecule has 0 aliphatic rings. The molecule has 0 unspecified atom stereocenters. The molecule has 0 bridgehead atoms. The summed E-state index contributed by atoms with van der Waals surface area (Å²) in [5.41, 5.74) is -0.835. The van der Waals surface area contributed by atoms with Gasteiger partial charge in [-0.1, -0.05) is 12.1 Å². The maximum absolute atomic E-state index is 12.5. The van der Waals surface area contributed by atoms with E-state index in [4.69, 9.17) is 14.2 Å². The van der Waals surface area contributed by atoms with E-state index in [1.54, 1.807) is 38.1 Å². The van der Waals surface area contributed by atoms with Crippen LogP contribution in [0.3, 0.4) is 0 Å². The van der Waals surface area contributed by atoms with Crippen molar-refractivity contribution in [2.24, 2.45) is 5.41 Å². The van der Waals surface area contributed by atoms with Gasteiger partial charge in [-0.05, 0) is 55.8 Å². The lowest BCUT2D eigenvalue weighted by Crippen LogP contribution is -2.32. The van der Waals surface area contributed by atoms with Crippen molar-refractivity contribution >= 4 is 5.97 Å². The number of carbonyl (C=O) groups excluding carboxylic acids is 1. The number of hydrogen-bond donors (Lipinski definition) is 0. The van der Waals surface area contributed by atoms with E-state index in [2.05, 4.69) is 0 Å². The van der Waals surface area contributed by atoms with Gasteiger partial charge >= 0.3 is 12.1 Å². The third-order valence-electron chi connectivity index (χ3n) is 3.85. The molecule has 0 aliphatic heterocycles. The highest BCUT2D eigenvalue weighted by molar-refractivity contribution is 5.75. The van der Waals surface area contributed by atoms with Crippen molar-refractivity contribution in [1.29, 1.82) is 0 Å². The highest BCUT2D eigenvalue weighted by atomic mass is 19.4. The van der Waals surface area contributed by atoms with Gasteiger partial charge in [0.1, 0.15) is 24.7 Å². The number of methoxy groups -OCH3 is 1. The fourth-order valence-electron chi connectivity index (χ4n) is 2.19. The predicted octanol–water partition coefficient (Wildman–Crippen LogP) is 4.86. The van der Waals surface area contributed by atoms with Crippen LogP contribution in [0.5, 0.6) is 11.5 Å². The van der Waals surface area contributed by atoms with Gasteiger partial charge in [-0.2, -0.15) is 13.2 Å². The zero-order valence-corrected chi connectivity index (χ0v) is 15.3. The second-order valence-electron chi connectivity index (χ2n) is 6.62. The molecular weight excluding hydrogens is 361 g/mol. The van der Waals surface area contributed by atoms with Crippen LogP contribution in [0.15, 0.2) is 48.5 Å². The molecule has 0 saturated carbocycles. The van der Waals surface area contributed by atoms with Gasteiger partial charge < -0.3 is 14.2 Å². The van der Waals surface area contributed by atoms with Gasteiger partial charge in [-0.3, -0.25) is 4.79 Å². The first-order chi connectivity index (χ1) is 12.6. The first kappa shape index (κ1) is 20.6. The molecule has 0 saturated heterocycles. The lowest BCUT2D eigenvalue weighted by molar-refractivity contribution is -0.152. The number of hydrogen-bond acceptors (Lipinski definition) is 4. The summed E-state index contributed by atoms with van der Waals surface area (Å²) in [6.07, 6.45) is -4.35. The number of esters is 1. The van der Waals surface area contributed by atoms with E-state index in [9.17, 15) is 18.0 Å². The quantitative estimate of drug-likeness (QED) is 0.642. The molecule has 2 aromatic carbocycles. The smallest absolute Gasteiger partial charge is 0.416 e. The number of halogens is 3. The Morgan fingerprint density at radius 1 is 0.889 bits per heavy atom. The third-order valence-corrected chi connectivity index (χ3v) is 3.85. The van der Waals surface area contributed by atoms with Crippen molar-refractivity contribution in [2.45, 2.75) is 26.6 Å². The van der Waals surface area contributed by atoms with Gasteiger partial charge in [0, 0.05) is 0 Å². The molecular formula is C20H21F3O4. The monoisotopic (exact) mass is 382 g/mol. The molecule has 0 N–H and O–H groups in total. The second-order valence-corrected chi connectivity index (χ2v) is 6.62. The van der Waals surface area contributed by atoms with E-state index in [1.807, 2.05) is 0 Å².